The summed E-state index contributed by atoms with van der Waals surface area (Å²) in [5, 5.41) is 1.59. The van der Waals surface area contributed by atoms with E-state index in [2.05, 4.69) is 5.43 Å². The molecule has 1 amide bonds. The lowest BCUT2D eigenvalue weighted by molar-refractivity contribution is -0.118. The number of amides is 1. The molecular formula is C19H17ClN2O3. The molecule has 0 bridgehead atoms. The highest BCUT2D eigenvalue weighted by molar-refractivity contribution is 6.30. The SMILES string of the molecule is CCCN(NC(=O)CCl)c1cccc2c1C(=O)c1ccccc1C2=O. The van der Waals surface area contributed by atoms with Gasteiger partial charge in [-0.1, -0.05) is 43.3 Å². The van der Waals surface area contributed by atoms with Crippen LogP contribution in [0, 0.1) is 0 Å². The molecule has 2 aromatic rings. The van der Waals surface area contributed by atoms with Crippen LogP contribution in [0.3, 0.4) is 0 Å². The number of ketones is 2. The maximum atomic E-state index is 13.0. The third-order valence-corrected chi connectivity index (χ3v) is 4.29. The van der Waals surface area contributed by atoms with Crippen LogP contribution in [0.15, 0.2) is 42.5 Å². The van der Waals surface area contributed by atoms with Crippen LogP contribution in [0.2, 0.25) is 0 Å². The zero-order valence-electron chi connectivity index (χ0n) is 13.7. The predicted molar refractivity (Wildman–Crippen MR) is 96.2 cm³/mol. The molecule has 0 atom stereocenters. The number of nitrogens with one attached hydrogen (secondary N) is 1. The van der Waals surface area contributed by atoms with Gasteiger partial charge in [0.15, 0.2) is 11.6 Å². The minimum atomic E-state index is -0.372. The number of rotatable bonds is 5. The summed E-state index contributed by atoms with van der Waals surface area (Å²) in [4.78, 5) is 37.6. The summed E-state index contributed by atoms with van der Waals surface area (Å²) in [5.74, 6) is -0.970. The second kappa shape index (κ2) is 7.07. The fourth-order valence-electron chi connectivity index (χ4n) is 2.99. The number of halogens is 1. The molecule has 1 aliphatic rings. The van der Waals surface area contributed by atoms with Gasteiger partial charge in [0.2, 0.25) is 0 Å². The molecule has 0 saturated heterocycles. The first kappa shape index (κ1) is 17.2. The van der Waals surface area contributed by atoms with E-state index in [0.29, 0.717) is 34.5 Å². The normalized spacial score (nSPS) is 12.4. The van der Waals surface area contributed by atoms with Gasteiger partial charge in [0.05, 0.1) is 11.3 Å². The Morgan fingerprint density at radius 3 is 2.28 bits per heavy atom. The summed E-state index contributed by atoms with van der Waals surface area (Å²) in [5.41, 5.74) is 4.65. The molecule has 0 unspecified atom stereocenters. The van der Waals surface area contributed by atoms with Crippen molar-refractivity contribution in [1.29, 1.82) is 0 Å². The summed E-state index contributed by atoms with van der Waals surface area (Å²) < 4.78 is 0. The van der Waals surface area contributed by atoms with Gasteiger partial charge in [-0.05, 0) is 12.5 Å². The summed E-state index contributed by atoms with van der Waals surface area (Å²) in [6.45, 7) is 2.44. The number of fused-ring (bicyclic) bond motifs is 2. The van der Waals surface area contributed by atoms with Crippen LogP contribution < -0.4 is 10.4 Å². The quantitative estimate of drug-likeness (QED) is 0.564. The first-order valence-electron chi connectivity index (χ1n) is 8.03. The Morgan fingerprint density at radius 2 is 1.64 bits per heavy atom. The number of carbonyl (C=O) groups is 3. The van der Waals surface area contributed by atoms with Gasteiger partial charge in [-0.2, -0.15) is 0 Å². The van der Waals surface area contributed by atoms with Crippen molar-refractivity contribution in [2.45, 2.75) is 13.3 Å². The highest BCUT2D eigenvalue weighted by Crippen LogP contribution is 2.33. The van der Waals surface area contributed by atoms with Gasteiger partial charge in [-0.15, -0.1) is 11.6 Å². The molecule has 25 heavy (non-hydrogen) atoms. The topological polar surface area (TPSA) is 66.5 Å². The lowest BCUT2D eigenvalue weighted by Crippen LogP contribution is -2.44. The third kappa shape index (κ3) is 3.03. The van der Waals surface area contributed by atoms with Gasteiger partial charge in [0.25, 0.3) is 5.91 Å². The molecule has 3 rings (SSSR count). The van der Waals surface area contributed by atoms with Crippen LogP contribution in [-0.4, -0.2) is 29.9 Å². The van der Waals surface area contributed by atoms with E-state index in [1.54, 1.807) is 47.5 Å². The lowest BCUT2D eigenvalue weighted by atomic mass is 9.83. The molecule has 0 heterocycles. The Balaban J connectivity index is 2.14. The van der Waals surface area contributed by atoms with Crippen molar-refractivity contribution in [3.63, 3.8) is 0 Å². The summed E-state index contributed by atoms with van der Waals surface area (Å²) in [7, 11) is 0. The molecule has 0 spiro atoms. The molecule has 0 aromatic heterocycles. The summed E-state index contributed by atoms with van der Waals surface area (Å²) in [6.07, 6.45) is 0.741. The maximum Gasteiger partial charge on any atom is 0.253 e. The maximum absolute atomic E-state index is 13.0. The van der Waals surface area contributed by atoms with E-state index >= 15 is 0 Å². The minimum Gasteiger partial charge on any atom is -0.289 e. The average molecular weight is 357 g/mol. The van der Waals surface area contributed by atoms with Crippen LogP contribution in [0.1, 0.15) is 45.2 Å². The summed E-state index contributed by atoms with van der Waals surface area (Å²) >= 11 is 5.59. The second-order valence-corrected chi connectivity index (χ2v) is 5.99. The molecule has 0 fully saturated rings. The van der Waals surface area contributed by atoms with Crippen LogP contribution in [0.5, 0.6) is 0 Å². The molecule has 0 radical (unpaired) electrons. The van der Waals surface area contributed by atoms with Gasteiger partial charge in [0, 0.05) is 23.2 Å². The highest BCUT2D eigenvalue weighted by Gasteiger charge is 2.32. The lowest BCUT2D eigenvalue weighted by Gasteiger charge is -2.29. The van der Waals surface area contributed by atoms with E-state index in [0.717, 1.165) is 6.42 Å². The van der Waals surface area contributed by atoms with Crippen molar-refractivity contribution in [2.75, 3.05) is 17.4 Å². The van der Waals surface area contributed by atoms with Gasteiger partial charge in [-0.3, -0.25) is 24.8 Å². The molecule has 0 saturated carbocycles. The fourth-order valence-corrected chi connectivity index (χ4v) is 3.05. The van der Waals surface area contributed by atoms with E-state index in [4.69, 9.17) is 11.6 Å². The molecule has 1 N–H and O–H groups in total. The highest BCUT2D eigenvalue weighted by atomic mass is 35.5. The molecule has 5 nitrogen and oxygen atoms in total. The van der Waals surface area contributed by atoms with E-state index in [1.807, 2.05) is 6.92 Å². The fraction of sp³-hybridized carbons (Fsp3) is 0.211. The predicted octanol–water partition coefficient (Wildman–Crippen LogP) is 2.95. The van der Waals surface area contributed by atoms with E-state index in [-0.39, 0.29) is 23.4 Å². The first-order valence-corrected chi connectivity index (χ1v) is 8.56. The number of carbonyl (C=O) groups excluding carboxylic acids is 3. The summed E-state index contributed by atoms with van der Waals surface area (Å²) in [6, 6.07) is 11.9. The standard InChI is InChI=1S/C19H17ClN2O3/c1-2-10-22(21-16(23)11-20)15-9-5-8-14-17(15)19(25)13-7-4-3-6-12(13)18(14)24/h3-9H,2,10-11H2,1H3,(H,21,23). The van der Waals surface area contributed by atoms with Crippen molar-refractivity contribution >= 4 is 34.8 Å². The van der Waals surface area contributed by atoms with Crippen molar-refractivity contribution < 1.29 is 14.4 Å². The first-order chi connectivity index (χ1) is 12.1. The molecule has 6 heteroatoms. The number of hydrogen-bond acceptors (Lipinski definition) is 4. The average Bonchev–Trinajstić information content (AvgIpc) is 2.65. The second-order valence-electron chi connectivity index (χ2n) is 5.72. The van der Waals surface area contributed by atoms with Crippen LogP contribution in [0.4, 0.5) is 5.69 Å². The van der Waals surface area contributed by atoms with E-state index < -0.39 is 0 Å². The van der Waals surface area contributed by atoms with Crippen molar-refractivity contribution in [1.82, 2.24) is 5.43 Å². The number of hydrazine groups is 1. The Bertz CT molecular complexity index is 863. The minimum absolute atomic E-state index is 0.188. The van der Waals surface area contributed by atoms with E-state index in [9.17, 15) is 14.4 Å². The Morgan fingerprint density at radius 1 is 1.00 bits per heavy atom. The zero-order chi connectivity index (χ0) is 18.0. The Kier molecular flexibility index (Phi) is 4.86. The number of anilines is 1. The molecular weight excluding hydrogens is 340 g/mol. The van der Waals surface area contributed by atoms with Crippen molar-refractivity contribution in [3.8, 4) is 0 Å². The van der Waals surface area contributed by atoms with Gasteiger partial charge in [0.1, 0.15) is 5.88 Å². The van der Waals surface area contributed by atoms with Gasteiger partial charge in [-0.25, -0.2) is 0 Å². The number of alkyl halides is 1. The van der Waals surface area contributed by atoms with Crippen LogP contribution in [-0.2, 0) is 4.79 Å². The number of benzene rings is 2. The van der Waals surface area contributed by atoms with Crippen LogP contribution >= 0.6 is 11.6 Å². The van der Waals surface area contributed by atoms with Crippen molar-refractivity contribution in [2.24, 2.45) is 0 Å². The Hall–Kier alpha value is -2.66. The molecule has 0 aliphatic heterocycles. The molecule has 128 valence electrons. The van der Waals surface area contributed by atoms with Crippen molar-refractivity contribution in [3.05, 3.63) is 64.7 Å². The van der Waals surface area contributed by atoms with Gasteiger partial charge >= 0.3 is 0 Å². The molecule has 1 aliphatic carbocycles. The van der Waals surface area contributed by atoms with E-state index in [1.165, 1.54) is 0 Å². The largest absolute Gasteiger partial charge is 0.289 e. The third-order valence-electron chi connectivity index (χ3n) is 4.05. The smallest absolute Gasteiger partial charge is 0.253 e. The number of hydrogen-bond donors (Lipinski definition) is 1. The van der Waals surface area contributed by atoms with Crippen LogP contribution in [0.25, 0.3) is 0 Å². The molecule has 2 aromatic carbocycles. The number of nitrogens with zero attached hydrogens (tertiary/aromatic N) is 1. The Labute approximate surface area is 150 Å². The van der Waals surface area contributed by atoms with Gasteiger partial charge < -0.3 is 0 Å². The monoisotopic (exact) mass is 356 g/mol. The zero-order valence-corrected chi connectivity index (χ0v) is 14.5.